The molecule has 2 aromatic carbocycles. The van der Waals surface area contributed by atoms with E-state index in [0.29, 0.717) is 21.7 Å². The van der Waals surface area contributed by atoms with E-state index in [4.69, 9.17) is 16.3 Å². The predicted octanol–water partition coefficient (Wildman–Crippen LogP) is 4.68. The summed E-state index contributed by atoms with van der Waals surface area (Å²) in [5.41, 5.74) is 1.64. The monoisotopic (exact) mass is 369 g/mol. The molecule has 1 aliphatic rings. The van der Waals surface area contributed by atoms with Crippen LogP contribution < -0.4 is 10.1 Å². The van der Waals surface area contributed by atoms with Gasteiger partial charge in [0.15, 0.2) is 0 Å². The van der Waals surface area contributed by atoms with Crippen LogP contribution in [0.4, 0.5) is 4.39 Å². The molecule has 0 amide bonds. The van der Waals surface area contributed by atoms with Crippen LogP contribution in [-0.2, 0) is 0 Å². The zero-order valence-corrected chi connectivity index (χ0v) is 13.7. The van der Waals surface area contributed by atoms with Crippen LogP contribution in [0.3, 0.4) is 0 Å². The van der Waals surface area contributed by atoms with Crippen LogP contribution in [0.25, 0.3) is 0 Å². The second-order valence-corrected chi connectivity index (χ2v) is 6.27. The Bertz CT molecular complexity index is 679. The minimum Gasteiger partial charge on any atom is -0.493 e. The highest BCUT2D eigenvalue weighted by atomic mass is 79.9. The number of nitrogens with one attached hydrogen (secondary N) is 1. The van der Waals surface area contributed by atoms with E-state index in [1.54, 1.807) is 6.07 Å². The molecule has 1 heterocycles. The Morgan fingerprint density at radius 1 is 1.38 bits per heavy atom. The predicted molar refractivity (Wildman–Crippen MR) is 85.6 cm³/mol. The molecule has 0 saturated heterocycles. The first kappa shape index (κ1) is 14.8. The lowest BCUT2D eigenvalue weighted by Crippen LogP contribution is -2.26. The first-order valence-corrected chi connectivity index (χ1v) is 7.82. The lowest BCUT2D eigenvalue weighted by Gasteiger charge is -2.23. The molecule has 0 aliphatic carbocycles. The molecule has 21 heavy (non-hydrogen) atoms. The molecule has 0 spiro atoms. The van der Waals surface area contributed by atoms with E-state index in [1.165, 1.54) is 6.07 Å². The standard InChI is InChI=1S/C16H14BrClFNO/c1-20-16(10-6-13(18)12(17)7-14(10)19)11-8-21-15-5-3-2-4-9(11)15/h2-7,11,16,20H,8H2,1H3. The van der Waals surface area contributed by atoms with Gasteiger partial charge in [0.05, 0.1) is 11.6 Å². The molecule has 0 bridgehead atoms. The van der Waals surface area contributed by atoms with Crippen molar-refractivity contribution >= 4 is 27.5 Å². The highest BCUT2D eigenvalue weighted by Gasteiger charge is 2.33. The Morgan fingerprint density at radius 3 is 2.90 bits per heavy atom. The number of halogens is 3. The van der Waals surface area contributed by atoms with Gasteiger partial charge in [-0.25, -0.2) is 4.39 Å². The fraction of sp³-hybridized carbons (Fsp3) is 0.250. The van der Waals surface area contributed by atoms with Gasteiger partial charge in [-0.3, -0.25) is 0 Å². The van der Waals surface area contributed by atoms with E-state index in [0.717, 1.165) is 11.3 Å². The number of hydrogen-bond donors (Lipinski definition) is 1. The van der Waals surface area contributed by atoms with Crippen LogP contribution in [0.2, 0.25) is 5.02 Å². The molecule has 2 aromatic rings. The molecule has 0 saturated carbocycles. The Balaban J connectivity index is 2.03. The third-order valence-corrected chi connectivity index (χ3v) is 5.02. The normalized spacial score (nSPS) is 18.2. The summed E-state index contributed by atoms with van der Waals surface area (Å²) in [5, 5.41) is 3.69. The molecule has 1 aliphatic heterocycles. The van der Waals surface area contributed by atoms with Crippen LogP contribution >= 0.6 is 27.5 Å². The molecule has 5 heteroatoms. The quantitative estimate of drug-likeness (QED) is 0.792. The van der Waals surface area contributed by atoms with Crippen LogP contribution in [0.1, 0.15) is 23.1 Å². The van der Waals surface area contributed by atoms with Crippen molar-refractivity contribution < 1.29 is 9.13 Å². The topological polar surface area (TPSA) is 21.3 Å². The summed E-state index contributed by atoms with van der Waals surface area (Å²) in [7, 11) is 1.82. The number of hydrogen-bond acceptors (Lipinski definition) is 2. The zero-order valence-electron chi connectivity index (χ0n) is 11.4. The van der Waals surface area contributed by atoms with Crippen molar-refractivity contribution in [3.8, 4) is 5.75 Å². The molecule has 2 atom stereocenters. The first-order chi connectivity index (χ1) is 10.1. The molecule has 0 aromatic heterocycles. The molecule has 3 rings (SSSR count). The number of ether oxygens (including phenoxy) is 1. The fourth-order valence-corrected chi connectivity index (χ4v) is 3.30. The number of rotatable bonds is 3. The number of benzene rings is 2. The van der Waals surface area contributed by atoms with Crippen molar-refractivity contribution in [2.75, 3.05) is 13.7 Å². The van der Waals surface area contributed by atoms with Crippen LogP contribution in [0.15, 0.2) is 40.9 Å². The van der Waals surface area contributed by atoms with Crippen molar-refractivity contribution in [1.29, 1.82) is 0 Å². The molecular formula is C16H14BrClFNO. The Kier molecular flexibility index (Phi) is 4.20. The lowest BCUT2D eigenvalue weighted by atomic mass is 9.88. The highest BCUT2D eigenvalue weighted by Crippen LogP contribution is 2.42. The van der Waals surface area contributed by atoms with Crippen molar-refractivity contribution in [3.63, 3.8) is 0 Å². The second kappa shape index (κ2) is 5.95. The van der Waals surface area contributed by atoms with E-state index >= 15 is 0 Å². The third kappa shape index (κ3) is 2.68. The first-order valence-electron chi connectivity index (χ1n) is 6.65. The highest BCUT2D eigenvalue weighted by molar-refractivity contribution is 9.10. The maximum Gasteiger partial charge on any atom is 0.129 e. The summed E-state index contributed by atoms with van der Waals surface area (Å²) >= 11 is 9.36. The second-order valence-electron chi connectivity index (χ2n) is 5.01. The summed E-state index contributed by atoms with van der Waals surface area (Å²) in [6.07, 6.45) is 0. The van der Waals surface area contributed by atoms with Crippen LogP contribution in [0.5, 0.6) is 5.75 Å². The van der Waals surface area contributed by atoms with Crippen molar-refractivity contribution in [1.82, 2.24) is 5.32 Å². The molecule has 2 unspecified atom stereocenters. The van der Waals surface area contributed by atoms with E-state index in [9.17, 15) is 4.39 Å². The average molecular weight is 371 g/mol. The summed E-state index contributed by atoms with van der Waals surface area (Å²) in [6, 6.07) is 10.7. The minimum atomic E-state index is -0.282. The van der Waals surface area contributed by atoms with Crippen LogP contribution in [-0.4, -0.2) is 13.7 Å². The summed E-state index contributed by atoms with van der Waals surface area (Å²) in [6.45, 7) is 0.526. The average Bonchev–Trinajstić information content (AvgIpc) is 2.89. The lowest BCUT2D eigenvalue weighted by molar-refractivity contribution is 0.302. The Hall–Kier alpha value is -1.10. The van der Waals surface area contributed by atoms with Gasteiger partial charge in [-0.15, -0.1) is 0 Å². The van der Waals surface area contributed by atoms with Crippen molar-refractivity contribution in [3.05, 3.63) is 62.8 Å². The fourth-order valence-electron chi connectivity index (χ4n) is 2.81. The van der Waals surface area contributed by atoms with Gasteiger partial charge in [0.25, 0.3) is 0 Å². The van der Waals surface area contributed by atoms with Crippen molar-refractivity contribution in [2.45, 2.75) is 12.0 Å². The smallest absolute Gasteiger partial charge is 0.129 e. The molecule has 0 radical (unpaired) electrons. The molecule has 2 nitrogen and oxygen atoms in total. The van der Waals surface area contributed by atoms with Gasteiger partial charge >= 0.3 is 0 Å². The largest absolute Gasteiger partial charge is 0.493 e. The van der Waals surface area contributed by atoms with E-state index in [-0.39, 0.29) is 17.8 Å². The molecule has 1 N–H and O–H groups in total. The summed E-state index contributed by atoms with van der Waals surface area (Å²) < 4.78 is 20.6. The van der Waals surface area contributed by atoms with Gasteiger partial charge in [0.1, 0.15) is 11.6 Å². The van der Waals surface area contributed by atoms with Crippen molar-refractivity contribution in [2.24, 2.45) is 0 Å². The Morgan fingerprint density at radius 2 is 2.14 bits per heavy atom. The SMILES string of the molecule is CNC(c1cc(Cl)c(Br)cc1F)C1COc2ccccc21. The maximum absolute atomic E-state index is 14.3. The maximum atomic E-state index is 14.3. The zero-order chi connectivity index (χ0) is 15.0. The number of fused-ring (bicyclic) bond motifs is 1. The summed E-state index contributed by atoms with van der Waals surface area (Å²) in [4.78, 5) is 0. The van der Waals surface area contributed by atoms with Gasteiger partial charge < -0.3 is 10.1 Å². The van der Waals surface area contributed by atoms with Gasteiger partial charge in [0, 0.05) is 27.6 Å². The van der Waals surface area contributed by atoms with Crippen LogP contribution in [0, 0.1) is 5.82 Å². The van der Waals surface area contributed by atoms with Gasteiger partial charge in [-0.1, -0.05) is 29.8 Å². The molecule has 0 fully saturated rings. The van der Waals surface area contributed by atoms with E-state index < -0.39 is 0 Å². The van der Waals surface area contributed by atoms with Gasteiger partial charge in [0.2, 0.25) is 0 Å². The molecule has 110 valence electrons. The Labute approximate surface area is 136 Å². The van der Waals surface area contributed by atoms with Gasteiger partial charge in [-0.2, -0.15) is 0 Å². The molecular weight excluding hydrogens is 357 g/mol. The minimum absolute atomic E-state index is 0.0537. The number of likely N-dealkylation sites (N-methyl/N-ethyl adjacent to an activating group) is 1. The number of para-hydroxylation sites is 1. The van der Waals surface area contributed by atoms with E-state index in [1.807, 2.05) is 31.3 Å². The van der Waals surface area contributed by atoms with E-state index in [2.05, 4.69) is 21.2 Å². The van der Waals surface area contributed by atoms with Gasteiger partial charge in [-0.05, 0) is 41.2 Å². The summed E-state index contributed by atoms with van der Waals surface area (Å²) in [5.74, 6) is 0.638. The third-order valence-electron chi connectivity index (χ3n) is 3.82.